The first-order chi connectivity index (χ1) is 25.4. The third-order valence-electron chi connectivity index (χ3n) is 7.73. The Balaban J connectivity index is 0.000000290. The van der Waals surface area contributed by atoms with E-state index < -0.39 is 105 Å². The number of ether oxygens (including phenoxy) is 2. The van der Waals surface area contributed by atoms with Crippen molar-refractivity contribution < 1.29 is 133 Å². The van der Waals surface area contributed by atoms with Crippen molar-refractivity contribution in [3.05, 3.63) is 117 Å². The van der Waals surface area contributed by atoms with Crippen LogP contribution >= 0.6 is 0 Å². The Morgan fingerprint density at radius 1 is 0.536 bits per heavy atom. The first kappa shape index (κ1) is 46.0. The Labute approximate surface area is 339 Å². The van der Waals surface area contributed by atoms with Gasteiger partial charge in [-0.2, -0.15) is 0 Å². The summed E-state index contributed by atoms with van der Waals surface area (Å²) in [6, 6.07) is 8.53. The van der Waals surface area contributed by atoms with Crippen LogP contribution < -0.4 is 44.1 Å². The SMILES string of the molecule is CC1Oc2c([CH]=[Ru+])cccc2N(C(=O)c2c(F)c(F)c(F)c(F)c2F)C1=O.CC1Oc2c([CH]=[Ru+])cccc2N(C(=O)c2c(F)c(F)c(F)c(F)c2F)C1=O.[Cl-].[Cl-]. The van der Waals surface area contributed by atoms with Crippen molar-refractivity contribution in [2.75, 3.05) is 9.80 Å². The first-order valence-electron chi connectivity index (χ1n) is 14.6. The molecule has 4 aromatic rings. The Morgan fingerprint density at radius 3 is 1.07 bits per heavy atom. The van der Waals surface area contributed by atoms with Crippen LogP contribution in [-0.2, 0) is 45.3 Å². The van der Waals surface area contributed by atoms with Crippen molar-refractivity contribution in [1.82, 2.24) is 0 Å². The van der Waals surface area contributed by atoms with Crippen LogP contribution in [0.4, 0.5) is 55.3 Å². The number of halogens is 12. The molecule has 6 rings (SSSR count). The number of hydrogen-bond acceptors (Lipinski definition) is 6. The summed E-state index contributed by atoms with van der Waals surface area (Å²) in [4.78, 5) is 50.9. The van der Waals surface area contributed by atoms with Crippen LogP contribution in [0.1, 0.15) is 45.7 Å². The van der Waals surface area contributed by atoms with Crippen molar-refractivity contribution in [1.29, 1.82) is 0 Å². The van der Waals surface area contributed by atoms with Gasteiger partial charge in [0, 0.05) is 0 Å². The van der Waals surface area contributed by atoms with Gasteiger partial charge in [0.25, 0.3) is 0 Å². The molecule has 2 atom stereocenters. The molecule has 4 aromatic carbocycles. The minimum atomic E-state index is -2.40. The van der Waals surface area contributed by atoms with E-state index in [-0.39, 0.29) is 47.7 Å². The summed E-state index contributed by atoms with van der Waals surface area (Å²) < 4.78 is 150. The predicted octanol–water partition coefficient (Wildman–Crippen LogP) is 0.0750. The Kier molecular flexibility index (Phi) is 14.6. The van der Waals surface area contributed by atoms with E-state index in [0.29, 0.717) is 20.9 Å². The van der Waals surface area contributed by atoms with Crippen LogP contribution in [0.25, 0.3) is 0 Å². The molecule has 22 heteroatoms. The third-order valence-corrected chi connectivity index (χ3v) is 8.81. The van der Waals surface area contributed by atoms with E-state index in [9.17, 15) is 63.1 Å². The van der Waals surface area contributed by atoms with E-state index in [4.69, 9.17) is 9.47 Å². The number of para-hydroxylation sites is 2. The predicted molar refractivity (Wildman–Crippen MR) is 159 cm³/mol. The van der Waals surface area contributed by atoms with Crippen LogP contribution in [0.15, 0.2) is 36.4 Å². The summed E-state index contributed by atoms with van der Waals surface area (Å²) in [5, 5.41) is 0. The normalized spacial score (nSPS) is 15.4. The maximum absolute atomic E-state index is 14.0. The fourth-order valence-electron chi connectivity index (χ4n) is 5.14. The minimum absolute atomic E-state index is 0. The zero-order valence-electron chi connectivity index (χ0n) is 27.4. The van der Waals surface area contributed by atoms with E-state index in [2.05, 4.69) is 35.7 Å². The monoisotopic (exact) mass is 1010 g/mol. The zero-order valence-corrected chi connectivity index (χ0v) is 32.3. The molecular weight excluding hydrogens is 995 g/mol. The molecule has 2 unspecified atom stereocenters. The number of imide groups is 2. The van der Waals surface area contributed by atoms with Crippen LogP contribution in [0.5, 0.6) is 11.5 Å². The van der Waals surface area contributed by atoms with Crippen molar-refractivity contribution in [3.8, 4) is 11.5 Å². The van der Waals surface area contributed by atoms with Gasteiger partial charge in [-0.3, -0.25) is 0 Å². The van der Waals surface area contributed by atoms with Gasteiger partial charge in [0.2, 0.25) is 0 Å². The number of fused-ring (bicyclic) bond motifs is 2. The van der Waals surface area contributed by atoms with Gasteiger partial charge in [0.1, 0.15) is 0 Å². The Morgan fingerprint density at radius 2 is 0.804 bits per heavy atom. The number of benzene rings is 4. The fraction of sp³-hybridized carbons (Fsp3) is 0.118. The van der Waals surface area contributed by atoms with E-state index in [0.717, 1.165) is 0 Å². The molecule has 0 bridgehead atoms. The van der Waals surface area contributed by atoms with Crippen LogP contribution in [0, 0.1) is 58.2 Å². The van der Waals surface area contributed by atoms with E-state index in [1.54, 1.807) is 12.1 Å². The molecule has 0 spiro atoms. The molecule has 0 saturated carbocycles. The van der Waals surface area contributed by atoms with E-state index >= 15 is 0 Å². The minimum Gasteiger partial charge on any atom is -1.00 e. The molecule has 2 aliphatic rings. The van der Waals surface area contributed by atoms with Crippen molar-refractivity contribution in [2.24, 2.45) is 0 Å². The number of carbonyl (C=O) groups excluding carboxylic acids is 4. The van der Waals surface area contributed by atoms with Crippen molar-refractivity contribution in [2.45, 2.75) is 26.1 Å². The maximum Gasteiger partial charge on any atom is -1.00 e. The molecule has 4 amide bonds. The topological polar surface area (TPSA) is 93.2 Å². The second-order valence-electron chi connectivity index (χ2n) is 11.0. The van der Waals surface area contributed by atoms with E-state index in [1.807, 2.05) is 0 Å². The number of amides is 4. The average Bonchev–Trinajstić information content (AvgIpc) is 3.15. The summed E-state index contributed by atoms with van der Waals surface area (Å²) in [6.45, 7) is 2.57. The first-order valence-corrected chi connectivity index (χ1v) is 16.6. The van der Waals surface area contributed by atoms with Gasteiger partial charge >= 0.3 is 317 Å². The van der Waals surface area contributed by atoms with Crippen LogP contribution in [0.3, 0.4) is 0 Å². The molecule has 0 aliphatic carbocycles. The third kappa shape index (κ3) is 7.68. The number of carbonyl (C=O) groups is 4. The summed E-state index contributed by atoms with van der Waals surface area (Å²) in [7, 11) is 0. The summed E-state index contributed by atoms with van der Waals surface area (Å²) >= 11 is 4.36. The van der Waals surface area contributed by atoms with Crippen molar-refractivity contribution in [3.63, 3.8) is 0 Å². The van der Waals surface area contributed by atoms with Crippen LogP contribution in [0.2, 0.25) is 0 Å². The quantitative estimate of drug-likeness (QED) is 0.0947. The van der Waals surface area contributed by atoms with Gasteiger partial charge < -0.3 is 24.8 Å². The molecular formula is C34H16Cl2F10N2O6Ru2. The van der Waals surface area contributed by atoms with Gasteiger partial charge in [-0.1, -0.05) is 0 Å². The fourth-order valence-corrected chi connectivity index (χ4v) is 5.93. The zero-order chi connectivity index (χ0) is 40.1. The maximum atomic E-state index is 14.0. The number of anilines is 2. The van der Waals surface area contributed by atoms with Gasteiger partial charge in [0.05, 0.1) is 0 Å². The molecule has 2 heterocycles. The summed E-state index contributed by atoms with van der Waals surface area (Å²) in [5.74, 6) is -28.5. The second kappa shape index (κ2) is 17.8. The molecule has 0 radical (unpaired) electrons. The van der Waals surface area contributed by atoms with Gasteiger partial charge in [-0.15, -0.1) is 0 Å². The van der Waals surface area contributed by atoms with Gasteiger partial charge in [-0.05, 0) is 0 Å². The largest absolute Gasteiger partial charge is 1.00 e. The molecule has 0 fully saturated rings. The van der Waals surface area contributed by atoms with Gasteiger partial charge in [0.15, 0.2) is 0 Å². The number of nitrogens with zero attached hydrogens (tertiary/aromatic N) is 2. The Hall–Kier alpha value is -4.37. The molecule has 0 N–H and O–H groups in total. The van der Waals surface area contributed by atoms with Gasteiger partial charge in [-0.25, -0.2) is 0 Å². The average molecular weight is 1010 g/mol. The Bertz CT molecular complexity index is 2140. The molecule has 2 aliphatic heterocycles. The number of hydrogen-bond donors (Lipinski definition) is 0. The van der Waals surface area contributed by atoms with Crippen LogP contribution in [-0.4, -0.2) is 45.1 Å². The second-order valence-corrected chi connectivity index (χ2v) is 12.0. The van der Waals surface area contributed by atoms with Crippen molar-refractivity contribution >= 4 is 44.2 Å². The summed E-state index contributed by atoms with van der Waals surface area (Å²) in [6.07, 6.45) is -2.45. The van der Waals surface area contributed by atoms with E-state index in [1.165, 1.54) is 47.3 Å². The number of rotatable bonds is 4. The smallest absolute Gasteiger partial charge is 1.00 e. The molecule has 0 aromatic heterocycles. The summed E-state index contributed by atoms with van der Waals surface area (Å²) in [5.41, 5.74) is -2.91. The standard InChI is InChI=1S/2C17H8F5NO3.2ClH.2Ru/c2*1-6-4-3-5-8-15(6)26-7(2)16(24)23(8)17(25)9-10(18)12(20)14(22)13(21)11(9)19;;;;/h2*1,3-5,7H,2H3;2*1H;;/q;;;;2*+1/p-2. The molecule has 56 heavy (non-hydrogen) atoms. The molecule has 0 saturated heterocycles. The molecule has 8 nitrogen and oxygen atoms in total. The molecule has 298 valence electrons.